The first-order chi connectivity index (χ1) is 14.4. The number of hydrogen-bond donors (Lipinski definition) is 2. The number of halogens is 2. The zero-order valence-electron chi connectivity index (χ0n) is 15.4. The summed E-state index contributed by atoms with van der Waals surface area (Å²) < 4.78 is 29.8. The molecule has 0 aromatic heterocycles. The van der Waals surface area contributed by atoms with Crippen molar-refractivity contribution >= 4 is 45.6 Å². The number of amides is 3. The van der Waals surface area contributed by atoms with E-state index in [0.717, 1.165) is 6.08 Å². The Morgan fingerprint density at radius 1 is 1.10 bits per heavy atom. The number of benzene rings is 2. The lowest BCUT2D eigenvalue weighted by molar-refractivity contribution is -0.143. The van der Waals surface area contributed by atoms with Crippen LogP contribution >= 0.6 is 15.9 Å². The lowest BCUT2D eigenvalue weighted by atomic mass is 10.2. The van der Waals surface area contributed by atoms with Crippen LogP contribution in [0, 0.1) is 5.82 Å². The van der Waals surface area contributed by atoms with Crippen molar-refractivity contribution in [3.63, 3.8) is 0 Å². The van der Waals surface area contributed by atoms with E-state index in [9.17, 15) is 18.8 Å². The highest BCUT2D eigenvalue weighted by molar-refractivity contribution is 9.10. The van der Waals surface area contributed by atoms with Crippen molar-refractivity contribution in [2.24, 2.45) is 0 Å². The highest BCUT2D eigenvalue weighted by Gasteiger charge is 2.14. The molecular weight excluding hydrogens is 463 g/mol. The second-order valence-corrected chi connectivity index (χ2v) is 6.88. The number of nitrogens with one attached hydrogen (secondary N) is 2. The average molecular weight is 479 g/mol. The minimum atomic E-state index is -0.864. The molecule has 30 heavy (non-hydrogen) atoms. The van der Waals surface area contributed by atoms with Crippen LogP contribution in [-0.2, 0) is 14.3 Å². The monoisotopic (exact) mass is 478 g/mol. The summed E-state index contributed by atoms with van der Waals surface area (Å²) >= 11 is 3.20. The predicted molar refractivity (Wildman–Crippen MR) is 109 cm³/mol. The lowest BCUT2D eigenvalue weighted by Crippen LogP contribution is -2.37. The van der Waals surface area contributed by atoms with E-state index in [1.165, 1.54) is 24.3 Å². The molecule has 1 heterocycles. The van der Waals surface area contributed by atoms with Gasteiger partial charge < -0.3 is 19.5 Å². The number of rotatable bonds is 5. The molecule has 0 saturated carbocycles. The number of ether oxygens (including phenoxy) is 3. The van der Waals surface area contributed by atoms with E-state index < -0.39 is 30.3 Å². The molecule has 8 nitrogen and oxygen atoms in total. The number of urea groups is 1. The van der Waals surface area contributed by atoms with E-state index in [1.807, 2.05) is 5.32 Å². The first-order valence-corrected chi connectivity index (χ1v) is 9.50. The van der Waals surface area contributed by atoms with E-state index in [2.05, 4.69) is 21.2 Å². The Morgan fingerprint density at radius 2 is 1.87 bits per heavy atom. The molecule has 0 spiro atoms. The topological polar surface area (TPSA) is 103 Å². The summed E-state index contributed by atoms with van der Waals surface area (Å²) in [4.78, 5) is 35.4. The quantitative estimate of drug-likeness (QED) is 0.504. The zero-order chi connectivity index (χ0) is 21.5. The number of anilines is 1. The molecule has 1 aliphatic rings. The van der Waals surface area contributed by atoms with Gasteiger partial charge in [0, 0.05) is 27.9 Å². The first-order valence-electron chi connectivity index (χ1n) is 8.71. The van der Waals surface area contributed by atoms with Gasteiger partial charge in [-0.15, -0.1) is 0 Å². The summed E-state index contributed by atoms with van der Waals surface area (Å²) in [6, 6.07) is 8.21. The minimum absolute atomic E-state index is 0.171. The number of fused-ring (bicyclic) bond motifs is 1. The first kappa shape index (κ1) is 21.3. The average Bonchev–Trinajstić information content (AvgIpc) is 2.72. The van der Waals surface area contributed by atoms with Gasteiger partial charge in [0.2, 0.25) is 0 Å². The normalized spacial score (nSPS) is 12.3. The van der Waals surface area contributed by atoms with Crippen molar-refractivity contribution in [3.8, 4) is 11.5 Å². The molecule has 0 unspecified atom stereocenters. The smallest absolute Gasteiger partial charge is 0.331 e. The van der Waals surface area contributed by atoms with Crippen LogP contribution in [0.1, 0.15) is 5.56 Å². The molecule has 156 valence electrons. The van der Waals surface area contributed by atoms with Crippen LogP contribution in [-0.4, -0.2) is 37.7 Å². The van der Waals surface area contributed by atoms with Gasteiger partial charge in [0.05, 0.1) is 0 Å². The van der Waals surface area contributed by atoms with Gasteiger partial charge in [-0.25, -0.2) is 14.0 Å². The molecule has 0 bridgehead atoms. The molecule has 3 amide bonds. The highest BCUT2D eigenvalue weighted by Crippen LogP contribution is 2.32. The van der Waals surface area contributed by atoms with E-state index >= 15 is 0 Å². The van der Waals surface area contributed by atoms with Crippen LogP contribution in [0.2, 0.25) is 0 Å². The summed E-state index contributed by atoms with van der Waals surface area (Å²) in [6.45, 7) is 0.161. The fourth-order valence-corrected chi connectivity index (χ4v) is 2.81. The van der Waals surface area contributed by atoms with Crippen LogP contribution in [0.25, 0.3) is 6.08 Å². The summed E-state index contributed by atoms with van der Waals surface area (Å²) in [5, 5.41) is 4.49. The Balaban J connectivity index is 1.44. The van der Waals surface area contributed by atoms with Crippen LogP contribution in [0.3, 0.4) is 0 Å². The Bertz CT molecular complexity index is 1010. The molecule has 0 radical (unpaired) electrons. The molecule has 0 atom stereocenters. The molecule has 1 aliphatic heterocycles. The maximum absolute atomic E-state index is 13.6. The van der Waals surface area contributed by atoms with Crippen molar-refractivity contribution < 1.29 is 33.0 Å². The summed E-state index contributed by atoms with van der Waals surface area (Å²) in [7, 11) is 0. The van der Waals surface area contributed by atoms with Gasteiger partial charge in [0.25, 0.3) is 5.91 Å². The molecular formula is C20H16BrFN2O6. The number of hydrogen-bond acceptors (Lipinski definition) is 6. The molecule has 3 rings (SSSR count). The van der Waals surface area contributed by atoms with E-state index in [0.29, 0.717) is 34.9 Å². The Labute approximate surface area is 179 Å². The third kappa shape index (κ3) is 6.05. The zero-order valence-corrected chi connectivity index (χ0v) is 17.0. The molecule has 0 saturated heterocycles. The van der Waals surface area contributed by atoms with Crippen molar-refractivity contribution in [1.29, 1.82) is 0 Å². The lowest BCUT2D eigenvalue weighted by Gasteiger charge is -2.19. The van der Waals surface area contributed by atoms with E-state index in [-0.39, 0.29) is 5.56 Å². The minimum Gasteiger partial charge on any atom is -0.486 e. The molecule has 2 aromatic rings. The third-order valence-electron chi connectivity index (χ3n) is 3.76. The van der Waals surface area contributed by atoms with Gasteiger partial charge in [-0.3, -0.25) is 10.1 Å². The van der Waals surface area contributed by atoms with E-state index in [4.69, 9.17) is 14.2 Å². The van der Waals surface area contributed by atoms with Crippen LogP contribution in [0.15, 0.2) is 46.9 Å². The van der Waals surface area contributed by atoms with Crippen molar-refractivity contribution in [2.45, 2.75) is 0 Å². The molecule has 0 aliphatic carbocycles. The van der Waals surface area contributed by atoms with Crippen molar-refractivity contribution in [2.75, 3.05) is 25.1 Å². The Morgan fingerprint density at radius 3 is 2.67 bits per heavy atom. The number of carbonyl (C=O) groups is 3. The van der Waals surface area contributed by atoms with E-state index in [1.54, 1.807) is 18.2 Å². The SMILES string of the molecule is O=C(COC(=O)/C=C/c1cc(Br)ccc1F)NC(=O)Nc1ccc2c(c1)OCCO2. The van der Waals surface area contributed by atoms with Gasteiger partial charge in [-0.1, -0.05) is 15.9 Å². The Hall–Kier alpha value is -3.40. The number of esters is 1. The van der Waals surface area contributed by atoms with Gasteiger partial charge in [0.15, 0.2) is 18.1 Å². The summed E-state index contributed by atoms with van der Waals surface area (Å²) in [5.74, 6) is -1.17. The van der Waals surface area contributed by atoms with Crippen LogP contribution in [0.5, 0.6) is 11.5 Å². The molecule has 2 aromatic carbocycles. The number of carbonyl (C=O) groups excluding carboxylic acids is 3. The third-order valence-corrected chi connectivity index (χ3v) is 4.25. The van der Waals surface area contributed by atoms with Gasteiger partial charge in [-0.05, 0) is 36.4 Å². The fourth-order valence-electron chi connectivity index (χ4n) is 2.43. The maximum atomic E-state index is 13.6. The molecule has 10 heteroatoms. The van der Waals surface area contributed by atoms with Crippen molar-refractivity contribution in [3.05, 3.63) is 58.3 Å². The maximum Gasteiger partial charge on any atom is 0.331 e. The number of imide groups is 1. The molecule has 0 fully saturated rings. The van der Waals surface area contributed by atoms with Crippen molar-refractivity contribution in [1.82, 2.24) is 5.32 Å². The Kier molecular flexibility index (Phi) is 7.02. The predicted octanol–water partition coefficient (Wildman–Crippen LogP) is 3.26. The van der Waals surface area contributed by atoms with Gasteiger partial charge in [-0.2, -0.15) is 0 Å². The van der Waals surface area contributed by atoms with Crippen LogP contribution < -0.4 is 20.1 Å². The summed E-state index contributed by atoms with van der Waals surface area (Å²) in [5.41, 5.74) is 0.560. The molecule has 2 N–H and O–H groups in total. The van der Waals surface area contributed by atoms with Gasteiger partial charge in [0.1, 0.15) is 19.0 Å². The van der Waals surface area contributed by atoms with Crippen LogP contribution in [0.4, 0.5) is 14.9 Å². The summed E-state index contributed by atoms with van der Waals surface area (Å²) in [6.07, 6.45) is 2.20. The second kappa shape index (κ2) is 9.88. The fraction of sp³-hybridized carbons (Fsp3) is 0.150. The highest BCUT2D eigenvalue weighted by atomic mass is 79.9. The largest absolute Gasteiger partial charge is 0.486 e. The van der Waals surface area contributed by atoms with Gasteiger partial charge >= 0.3 is 12.0 Å². The standard InChI is InChI=1S/C20H16BrFN2O6/c21-13-2-4-15(22)12(9-13)1-6-19(26)30-11-18(25)24-20(27)23-14-3-5-16-17(10-14)29-8-7-28-16/h1-6,9-10H,7-8,11H2,(H2,23,24,25,27)/b6-1+. The second-order valence-electron chi connectivity index (χ2n) is 5.97.